The first-order chi connectivity index (χ1) is 8.23. The molecule has 0 aliphatic carbocycles. The summed E-state index contributed by atoms with van der Waals surface area (Å²) in [6, 6.07) is -0.268. The van der Waals surface area contributed by atoms with Crippen molar-refractivity contribution in [1.29, 1.82) is 0 Å². The van der Waals surface area contributed by atoms with Gasteiger partial charge in [0.1, 0.15) is 11.6 Å². The van der Waals surface area contributed by atoms with Gasteiger partial charge in [-0.15, -0.1) is 0 Å². The lowest BCUT2D eigenvalue weighted by molar-refractivity contribution is -0.157. The Labute approximate surface area is 110 Å². The van der Waals surface area contributed by atoms with Crippen molar-refractivity contribution in [2.45, 2.75) is 72.0 Å². The van der Waals surface area contributed by atoms with Gasteiger partial charge >= 0.3 is 0 Å². The SMILES string of the molecule is CCC1(C)NC(=O)C(CC(C)C)N(C(C)C)C1=O. The van der Waals surface area contributed by atoms with Gasteiger partial charge in [0.05, 0.1) is 0 Å². The first kappa shape index (κ1) is 15.0. The Kier molecular flexibility index (Phi) is 4.41. The van der Waals surface area contributed by atoms with Crippen molar-refractivity contribution < 1.29 is 9.59 Å². The van der Waals surface area contributed by atoms with Crippen LogP contribution in [0.15, 0.2) is 0 Å². The summed E-state index contributed by atoms with van der Waals surface area (Å²) in [4.78, 5) is 26.6. The molecule has 104 valence electrons. The van der Waals surface area contributed by atoms with Crippen molar-refractivity contribution in [1.82, 2.24) is 10.2 Å². The van der Waals surface area contributed by atoms with E-state index in [0.717, 1.165) is 6.42 Å². The molecule has 1 rings (SSSR count). The Bertz CT molecular complexity index is 339. The Balaban J connectivity index is 3.07. The molecule has 1 N–H and O–H groups in total. The van der Waals surface area contributed by atoms with Crippen LogP contribution in [0.1, 0.15) is 54.4 Å². The Hall–Kier alpha value is -1.06. The summed E-state index contributed by atoms with van der Waals surface area (Å²) in [5.74, 6) is 0.424. The molecule has 0 bridgehead atoms. The van der Waals surface area contributed by atoms with E-state index < -0.39 is 5.54 Å². The van der Waals surface area contributed by atoms with E-state index >= 15 is 0 Å². The fourth-order valence-electron chi connectivity index (χ4n) is 2.46. The van der Waals surface area contributed by atoms with Crippen molar-refractivity contribution in [3.63, 3.8) is 0 Å². The second-order valence-corrected chi connectivity index (χ2v) is 6.13. The minimum absolute atomic E-state index is 0.0126. The fourth-order valence-corrected chi connectivity index (χ4v) is 2.46. The van der Waals surface area contributed by atoms with Crippen molar-refractivity contribution >= 4 is 11.8 Å². The summed E-state index contributed by atoms with van der Waals surface area (Å²) in [5.41, 5.74) is -0.741. The van der Waals surface area contributed by atoms with Gasteiger partial charge in [0.25, 0.3) is 0 Å². The molecule has 2 amide bonds. The second-order valence-electron chi connectivity index (χ2n) is 6.13. The molecule has 2 atom stereocenters. The van der Waals surface area contributed by atoms with Gasteiger partial charge in [-0.3, -0.25) is 9.59 Å². The quantitative estimate of drug-likeness (QED) is 0.833. The molecule has 2 unspecified atom stereocenters. The van der Waals surface area contributed by atoms with Crippen LogP contribution in [0.2, 0.25) is 0 Å². The molecule has 1 aliphatic rings. The van der Waals surface area contributed by atoms with Crippen molar-refractivity contribution in [2.24, 2.45) is 5.92 Å². The summed E-state index contributed by atoms with van der Waals surface area (Å²) >= 11 is 0. The first-order valence-electron chi connectivity index (χ1n) is 6.87. The third-order valence-electron chi connectivity index (χ3n) is 3.70. The number of rotatable bonds is 4. The number of piperazine rings is 1. The van der Waals surface area contributed by atoms with Gasteiger partial charge in [0.15, 0.2) is 0 Å². The van der Waals surface area contributed by atoms with E-state index in [1.54, 1.807) is 4.90 Å². The molecule has 0 spiro atoms. The van der Waals surface area contributed by atoms with Gasteiger partial charge in [-0.2, -0.15) is 0 Å². The van der Waals surface area contributed by atoms with Gasteiger partial charge in [-0.1, -0.05) is 20.8 Å². The molecule has 0 aromatic rings. The third-order valence-corrected chi connectivity index (χ3v) is 3.70. The molecule has 1 saturated heterocycles. The van der Waals surface area contributed by atoms with E-state index in [0.29, 0.717) is 12.3 Å². The van der Waals surface area contributed by atoms with E-state index in [1.807, 2.05) is 27.7 Å². The van der Waals surface area contributed by atoms with Crippen LogP contribution in [0, 0.1) is 5.92 Å². The lowest BCUT2D eigenvalue weighted by Gasteiger charge is -2.46. The zero-order chi connectivity index (χ0) is 14.1. The number of hydrogen-bond acceptors (Lipinski definition) is 2. The Morgan fingerprint density at radius 2 is 1.83 bits per heavy atom. The molecule has 0 saturated carbocycles. The van der Waals surface area contributed by atoms with Crippen LogP contribution < -0.4 is 5.32 Å². The maximum atomic E-state index is 12.6. The molecule has 4 nitrogen and oxygen atoms in total. The standard InChI is InChI=1S/C14H26N2O2/c1-7-14(6)13(18)16(10(4)5)11(8-9(2)3)12(17)15-14/h9-11H,7-8H2,1-6H3,(H,15,17). The van der Waals surface area contributed by atoms with Crippen LogP contribution in [0.25, 0.3) is 0 Å². The van der Waals surface area contributed by atoms with Crippen LogP contribution in [0.3, 0.4) is 0 Å². The molecular formula is C14H26N2O2. The minimum atomic E-state index is -0.741. The summed E-state index contributed by atoms with van der Waals surface area (Å²) in [7, 11) is 0. The summed E-state index contributed by atoms with van der Waals surface area (Å²) in [6.45, 7) is 11.8. The van der Waals surface area contributed by atoms with E-state index in [4.69, 9.17) is 0 Å². The minimum Gasteiger partial charge on any atom is -0.340 e. The lowest BCUT2D eigenvalue weighted by Crippen LogP contribution is -2.70. The average Bonchev–Trinajstić information content (AvgIpc) is 2.25. The zero-order valence-corrected chi connectivity index (χ0v) is 12.4. The molecule has 1 heterocycles. The largest absolute Gasteiger partial charge is 0.340 e. The lowest BCUT2D eigenvalue weighted by atomic mass is 9.88. The Morgan fingerprint density at radius 3 is 2.22 bits per heavy atom. The Morgan fingerprint density at radius 1 is 1.28 bits per heavy atom. The smallest absolute Gasteiger partial charge is 0.248 e. The number of carbonyl (C=O) groups excluding carboxylic acids is 2. The maximum absolute atomic E-state index is 12.6. The molecule has 18 heavy (non-hydrogen) atoms. The second kappa shape index (κ2) is 5.29. The molecule has 1 fully saturated rings. The molecule has 0 aromatic carbocycles. The average molecular weight is 254 g/mol. The highest BCUT2D eigenvalue weighted by molar-refractivity contribution is 5.99. The number of hydrogen-bond donors (Lipinski definition) is 1. The summed E-state index contributed by atoms with van der Waals surface area (Å²) in [6.07, 6.45) is 1.34. The van der Waals surface area contributed by atoms with E-state index in [1.165, 1.54) is 0 Å². The fraction of sp³-hybridized carbons (Fsp3) is 0.857. The predicted molar refractivity (Wildman–Crippen MR) is 72.1 cm³/mol. The zero-order valence-electron chi connectivity index (χ0n) is 12.4. The van der Waals surface area contributed by atoms with Crippen LogP contribution >= 0.6 is 0 Å². The number of nitrogens with one attached hydrogen (secondary N) is 1. The van der Waals surface area contributed by atoms with Gasteiger partial charge in [0.2, 0.25) is 11.8 Å². The molecule has 0 aromatic heterocycles. The summed E-state index contributed by atoms with van der Waals surface area (Å²) < 4.78 is 0. The normalized spacial score (nSPS) is 29.1. The van der Waals surface area contributed by atoms with E-state index in [9.17, 15) is 9.59 Å². The predicted octanol–water partition coefficient (Wildman–Crippen LogP) is 1.94. The van der Waals surface area contributed by atoms with Crippen molar-refractivity contribution in [3.05, 3.63) is 0 Å². The van der Waals surface area contributed by atoms with E-state index in [-0.39, 0.29) is 23.9 Å². The number of amides is 2. The number of nitrogens with zero attached hydrogens (tertiary/aromatic N) is 1. The van der Waals surface area contributed by atoms with Gasteiger partial charge in [-0.05, 0) is 39.5 Å². The van der Waals surface area contributed by atoms with Crippen LogP contribution in [-0.4, -0.2) is 34.3 Å². The summed E-state index contributed by atoms with van der Waals surface area (Å²) in [5, 5.41) is 2.90. The van der Waals surface area contributed by atoms with E-state index in [2.05, 4.69) is 19.2 Å². The molecule has 4 heteroatoms. The first-order valence-corrected chi connectivity index (χ1v) is 6.87. The van der Waals surface area contributed by atoms with Gasteiger partial charge < -0.3 is 10.2 Å². The highest BCUT2D eigenvalue weighted by Crippen LogP contribution is 2.26. The molecular weight excluding hydrogens is 228 g/mol. The third kappa shape index (κ3) is 2.68. The van der Waals surface area contributed by atoms with Crippen molar-refractivity contribution in [2.75, 3.05) is 0 Å². The highest BCUT2D eigenvalue weighted by atomic mass is 16.2. The highest BCUT2D eigenvalue weighted by Gasteiger charge is 2.47. The molecule has 0 radical (unpaired) electrons. The van der Waals surface area contributed by atoms with Crippen LogP contribution in [0.5, 0.6) is 0 Å². The monoisotopic (exact) mass is 254 g/mol. The van der Waals surface area contributed by atoms with Crippen LogP contribution in [-0.2, 0) is 9.59 Å². The maximum Gasteiger partial charge on any atom is 0.248 e. The van der Waals surface area contributed by atoms with Gasteiger partial charge in [-0.25, -0.2) is 0 Å². The topological polar surface area (TPSA) is 49.4 Å². The van der Waals surface area contributed by atoms with Crippen LogP contribution in [0.4, 0.5) is 0 Å². The molecule has 1 aliphatic heterocycles. The van der Waals surface area contributed by atoms with Crippen molar-refractivity contribution in [3.8, 4) is 0 Å². The van der Waals surface area contributed by atoms with Gasteiger partial charge in [0, 0.05) is 6.04 Å². The number of carbonyl (C=O) groups is 2.